The van der Waals surface area contributed by atoms with Gasteiger partial charge in [-0.1, -0.05) is 6.92 Å². The molecule has 1 saturated heterocycles. The Hall–Kier alpha value is -1.85. The topological polar surface area (TPSA) is 75.4 Å². The molecule has 0 bridgehead atoms. The third-order valence-electron chi connectivity index (χ3n) is 3.85. The molecule has 1 atom stereocenters. The highest BCUT2D eigenvalue weighted by Crippen LogP contribution is 2.30. The molecule has 1 aliphatic carbocycles. The van der Waals surface area contributed by atoms with Crippen molar-refractivity contribution in [1.29, 1.82) is 0 Å². The van der Waals surface area contributed by atoms with Crippen molar-refractivity contribution in [2.75, 3.05) is 18.4 Å². The fourth-order valence-electron chi connectivity index (χ4n) is 2.52. The standard InChI is InChI=1S/C14H19N3O3/c1-9-3-2-6-17(7-9)13(19)11-8-20-14(15-11)16-12(18)10-4-5-10/h8-10H,2-7H2,1H3,(H,15,16,18). The minimum Gasteiger partial charge on any atom is -0.431 e. The zero-order valence-corrected chi connectivity index (χ0v) is 11.6. The number of likely N-dealkylation sites (tertiary alicyclic amines) is 1. The summed E-state index contributed by atoms with van der Waals surface area (Å²) >= 11 is 0. The number of aromatic nitrogens is 1. The van der Waals surface area contributed by atoms with Crippen LogP contribution in [0.2, 0.25) is 0 Å². The number of hydrogen-bond acceptors (Lipinski definition) is 4. The first-order chi connectivity index (χ1) is 9.63. The van der Waals surface area contributed by atoms with E-state index in [9.17, 15) is 9.59 Å². The maximum absolute atomic E-state index is 12.3. The van der Waals surface area contributed by atoms with Gasteiger partial charge in [-0.3, -0.25) is 14.9 Å². The van der Waals surface area contributed by atoms with E-state index in [1.54, 1.807) is 4.90 Å². The Morgan fingerprint density at radius 3 is 2.90 bits per heavy atom. The van der Waals surface area contributed by atoms with Gasteiger partial charge in [0, 0.05) is 19.0 Å². The Morgan fingerprint density at radius 1 is 1.40 bits per heavy atom. The number of anilines is 1. The largest absolute Gasteiger partial charge is 0.431 e. The van der Waals surface area contributed by atoms with Crippen LogP contribution in [0.25, 0.3) is 0 Å². The maximum Gasteiger partial charge on any atom is 0.302 e. The zero-order chi connectivity index (χ0) is 14.1. The Bertz CT molecular complexity index is 521. The summed E-state index contributed by atoms with van der Waals surface area (Å²) < 4.78 is 5.16. The number of amides is 2. The molecule has 1 aromatic rings. The van der Waals surface area contributed by atoms with Gasteiger partial charge in [0.15, 0.2) is 5.69 Å². The third-order valence-corrected chi connectivity index (χ3v) is 3.85. The van der Waals surface area contributed by atoms with Crippen LogP contribution in [0.4, 0.5) is 6.01 Å². The molecule has 6 nitrogen and oxygen atoms in total. The van der Waals surface area contributed by atoms with Crippen molar-refractivity contribution in [1.82, 2.24) is 9.88 Å². The van der Waals surface area contributed by atoms with E-state index in [0.717, 1.165) is 38.8 Å². The van der Waals surface area contributed by atoms with Crippen molar-refractivity contribution in [2.24, 2.45) is 11.8 Å². The second kappa shape index (κ2) is 5.26. The molecule has 1 N–H and O–H groups in total. The van der Waals surface area contributed by atoms with Crippen LogP contribution < -0.4 is 5.32 Å². The summed E-state index contributed by atoms with van der Waals surface area (Å²) in [5.41, 5.74) is 0.269. The normalized spacial score (nSPS) is 22.6. The summed E-state index contributed by atoms with van der Waals surface area (Å²) in [6.45, 7) is 3.67. The number of nitrogens with zero attached hydrogens (tertiary/aromatic N) is 2. The molecule has 20 heavy (non-hydrogen) atoms. The maximum atomic E-state index is 12.3. The monoisotopic (exact) mass is 277 g/mol. The van der Waals surface area contributed by atoms with Gasteiger partial charge in [-0.2, -0.15) is 4.98 Å². The van der Waals surface area contributed by atoms with Crippen molar-refractivity contribution >= 4 is 17.8 Å². The molecule has 108 valence electrons. The molecule has 0 radical (unpaired) electrons. The van der Waals surface area contributed by atoms with E-state index in [0.29, 0.717) is 5.92 Å². The number of rotatable bonds is 3. The fourth-order valence-corrected chi connectivity index (χ4v) is 2.52. The lowest BCUT2D eigenvalue weighted by molar-refractivity contribution is -0.117. The second-order valence-corrected chi connectivity index (χ2v) is 5.80. The quantitative estimate of drug-likeness (QED) is 0.915. The minimum atomic E-state index is -0.118. The van der Waals surface area contributed by atoms with Gasteiger partial charge in [-0.05, 0) is 31.6 Å². The van der Waals surface area contributed by atoms with Crippen LogP contribution in [0.15, 0.2) is 10.7 Å². The van der Waals surface area contributed by atoms with Crippen LogP contribution in [0.1, 0.15) is 43.1 Å². The molecule has 0 spiro atoms. The number of carbonyl (C=O) groups excluding carboxylic acids is 2. The highest BCUT2D eigenvalue weighted by molar-refractivity contribution is 5.94. The van der Waals surface area contributed by atoms with Gasteiger partial charge >= 0.3 is 6.01 Å². The predicted octanol–water partition coefficient (Wildman–Crippen LogP) is 1.90. The summed E-state index contributed by atoms with van der Waals surface area (Å²) in [5, 5.41) is 2.60. The smallest absolute Gasteiger partial charge is 0.302 e. The summed E-state index contributed by atoms with van der Waals surface area (Å²) in [4.78, 5) is 29.7. The number of nitrogens with one attached hydrogen (secondary N) is 1. The van der Waals surface area contributed by atoms with Gasteiger partial charge in [0.05, 0.1) is 0 Å². The van der Waals surface area contributed by atoms with E-state index in [-0.39, 0.29) is 29.4 Å². The first kappa shape index (κ1) is 13.1. The molecule has 2 heterocycles. The number of piperidine rings is 1. The van der Waals surface area contributed by atoms with Gasteiger partial charge < -0.3 is 9.32 Å². The fraction of sp³-hybridized carbons (Fsp3) is 0.643. The summed E-state index contributed by atoms with van der Waals surface area (Å²) in [7, 11) is 0. The molecule has 0 aromatic carbocycles. The first-order valence-electron chi connectivity index (χ1n) is 7.19. The van der Waals surface area contributed by atoms with E-state index in [1.807, 2.05) is 0 Å². The zero-order valence-electron chi connectivity index (χ0n) is 11.6. The predicted molar refractivity (Wildman–Crippen MR) is 72.2 cm³/mol. The SMILES string of the molecule is CC1CCCN(C(=O)c2coc(NC(=O)C3CC3)n2)C1. The average Bonchev–Trinajstić information content (AvgIpc) is 3.19. The van der Waals surface area contributed by atoms with Gasteiger partial charge in [0.25, 0.3) is 5.91 Å². The molecule has 2 amide bonds. The molecule has 6 heteroatoms. The van der Waals surface area contributed by atoms with Crippen LogP contribution in [0.5, 0.6) is 0 Å². The number of carbonyl (C=O) groups is 2. The van der Waals surface area contributed by atoms with Gasteiger partial charge in [0.1, 0.15) is 6.26 Å². The first-order valence-corrected chi connectivity index (χ1v) is 7.19. The lowest BCUT2D eigenvalue weighted by Crippen LogP contribution is -2.39. The summed E-state index contributed by atoms with van der Waals surface area (Å²) in [6.07, 6.45) is 5.35. The van der Waals surface area contributed by atoms with Crippen molar-refractivity contribution < 1.29 is 14.0 Å². The van der Waals surface area contributed by atoms with E-state index in [2.05, 4.69) is 17.2 Å². The van der Waals surface area contributed by atoms with Gasteiger partial charge in [0.2, 0.25) is 5.91 Å². The number of oxazole rings is 1. The van der Waals surface area contributed by atoms with Gasteiger partial charge in [-0.15, -0.1) is 0 Å². The molecule has 1 aliphatic heterocycles. The van der Waals surface area contributed by atoms with Crippen LogP contribution in [0.3, 0.4) is 0 Å². The van der Waals surface area contributed by atoms with Crippen molar-refractivity contribution in [3.05, 3.63) is 12.0 Å². The second-order valence-electron chi connectivity index (χ2n) is 5.80. The molecule has 2 fully saturated rings. The molecule has 2 aliphatic rings. The third kappa shape index (κ3) is 2.84. The van der Waals surface area contributed by atoms with Crippen molar-refractivity contribution in [3.63, 3.8) is 0 Å². The van der Waals surface area contributed by atoms with E-state index in [1.165, 1.54) is 6.26 Å². The molecule has 3 rings (SSSR count). The van der Waals surface area contributed by atoms with Crippen LogP contribution in [0, 0.1) is 11.8 Å². The van der Waals surface area contributed by atoms with Crippen molar-refractivity contribution in [3.8, 4) is 0 Å². The Morgan fingerprint density at radius 2 is 2.20 bits per heavy atom. The summed E-state index contributed by atoms with van der Waals surface area (Å²) in [6, 6.07) is 0.121. The molecule has 1 unspecified atom stereocenters. The van der Waals surface area contributed by atoms with Crippen molar-refractivity contribution in [2.45, 2.75) is 32.6 Å². The molecule has 1 aromatic heterocycles. The minimum absolute atomic E-state index is 0.0718. The summed E-state index contributed by atoms with van der Waals surface area (Å²) in [5.74, 6) is 0.419. The highest BCUT2D eigenvalue weighted by Gasteiger charge is 2.31. The lowest BCUT2D eigenvalue weighted by atomic mass is 10.0. The average molecular weight is 277 g/mol. The van der Waals surface area contributed by atoms with Crippen LogP contribution in [-0.2, 0) is 4.79 Å². The lowest BCUT2D eigenvalue weighted by Gasteiger charge is -2.30. The van der Waals surface area contributed by atoms with E-state index >= 15 is 0 Å². The van der Waals surface area contributed by atoms with E-state index in [4.69, 9.17) is 4.42 Å². The Labute approximate surface area is 117 Å². The number of hydrogen-bond donors (Lipinski definition) is 1. The Kier molecular flexibility index (Phi) is 3.46. The van der Waals surface area contributed by atoms with Crippen LogP contribution >= 0.6 is 0 Å². The van der Waals surface area contributed by atoms with Crippen LogP contribution in [-0.4, -0.2) is 34.8 Å². The highest BCUT2D eigenvalue weighted by atomic mass is 16.4. The van der Waals surface area contributed by atoms with E-state index < -0.39 is 0 Å². The molecule has 1 saturated carbocycles. The molecular weight excluding hydrogens is 258 g/mol. The van der Waals surface area contributed by atoms with Gasteiger partial charge in [-0.25, -0.2) is 0 Å². The Balaban J connectivity index is 1.63. The molecular formula is C14H19N3O3.